The Labute approximate surface area is 184 Å². The van der Waals surface area contributed by atoms with Crippen LogP contribution in [0.25, 0.3) is 5.76 Å². The van der Waals surface area contributed by atoms with E-state index < -0.39 is 17.7 Å². The van der Waals surface area contributed by atoms with Crippen LogP contribution in [-0.4, -0.2) is 41.0 Å². The maximum atomic E-state index is 13.0. The number of nitrogens with zero attached hydrogens (tertiary/aromatic N) is 1. The molecular formula is C23H21Cl2NO4. The molecule has 0 aromatic heterocycles. The molecule has 156 valence electrons. The number of ether oxygens (including phenoxy) is 1. The lowest BCUT2D eigenvalue weighted by atomic mass is 9.95. The summed E-state index contributed by atoms with van der Waals surface area (Å²) in [5, 5.41) is 11.7. The summed E-state index contributed by atoms with van der Waals surface area (Å²) in [7, 11) is 0. The normalized spacial score (nSPS) is 23.4. The Hall–Kier alpha value is -2.34. The van der Waals surface area contributed by atoms with Crippen LogP contribution in [-0.2, 0) is 14.3 Å². The van der Waals surface area contributed by atoms with Crippen molar-refractivity contribution < 1.29 is 19.4 Å². The summed E-state index contributed by atoms with van der Waals surface area (Å²) in [6.45, 7) is 2.83. The minimum absolute atomic E-state index is 0.0419. The zero-order valence-electron chi connectivity index (χ0n) is 16.4. The molecule has 0 radical (unpaired) electrons. The number of hydrogen-bond acceptors (Lipinski definition) is 4. The van der Waals surface area contributed by atoms with E-state index in [9.17, 15) is 14.7 Å². The van der Waals surface area contributed by atoms with Crippen molar-refractivity contribution in [3.05, 3.63) is 74.8 Å². The third-order valence-corrected chi connectivity index (χ3v) is 6.29. The van der Waals surface area contributed by atoms with E-state index in [-0.39, 0.29) is 24.0 Å². The fourth-order valence-electron chi connectivity index (χ4n) is 3.97. The minimum Gasteiger partial charge on any atom is -0.507 e. The molecule has 30 heavy (non-hydrogen) atoms. The monoisotopic (exact) mass is 445 g/mol. The molecule has 2 atom stereocenters. The number of halogens is 2. The van der Waals surface area contributed by atoms with Crippen LogP contribution in [0.5, 0.6) is 0 Å². The Morgan fingerprint density at radius 3 is 2.50 bits per heavy atom. The Kier molecular flexibility index (Phi) is 5.87. The van der Waals surface area contributed by atoms with Gasteiger partial charge in [0.15, 0.2) is 0 Å². The predicted octanol–water partition coefficient (Wildman–Crippen LogP) is 4.90. The molecule has 0 aliphatic carbocycles. The smallest absolute Gasteiger partial charge is 0.295 e. The molecule has 1 N–H and O–H groups in total. The average Bonchev–Trinajstić information content (AvgIpc) is 3.33. The van der Waals surface area contributed by atoms with Gasteiger partial charge in [-0.2, -0.15) is 0 Å². The molecule has 2 heterocycles. The summed E-state index contributed by atoms with van der Waals surface area (Å²) in [6.07, 6.45) is 1.58. The first-order valence-electron chi connectivity index (χ1n) is 9.79. The number of hydrogen-bond donors (Lipinski definition) is 1. The van der Waals surface area contributed by atoms with Gasteiger partial charge in [0.05, 0.1) is 27.8 Å². The van der Waals surface area contributed by atoms with Crippen molar-refractivity contribution in [1.29, 1.82) is 0 Å². The van der Waals surface area contributed by atoms with E-state index in [1.54, 1.807) is 30.3 Å². The number of aliphatic hydroxyl groups excluding tert-OH is 1. The quantitative estimate of drug-likeness (QED) is 0.412. The van der Waals surface area contributed by atoms with Gasteiger partial charge in [-0.1, -0.05) is 59.1 Å². The second-order valence-corrected chi connectivity index (χ2v) is 8.44. The van der Waals surface area contributed by atoms with Gasteiger partial charge >= 0.3 is 0 Å². The maximum Gasteiger partial charge on any atom is 0.295 e. The second-order valence-electron chi connectivity index (χ2n) is 7.63. The second kappa shape index (κ2) is 8.42. The number of aliphatic hydroxyl groups is 1. The van der Waals surface area contributed by atoms with E-state index in [0.717, 1.165) is 18.4 Å². The number of benzene rings is 2. The van der Waals surface area contributed by atoms with Gasteiger partial charge in [-0.05, 0) is 37.5 Å². The molecule has 7 heteroatoms. The van der Waals surface area contributed by atoms with Gasteiger partial charge in [-0.3, -0.25) is 9.59 Å². The van der Waals surface area contributed by atoms with E-state index in [1.165, 1.54) is 4.90 Å². The van der Waals surface area contributed by atoms with Crippen molar-refractivity contribution in [3.63, 3.8) is 0 Å². The van der Waals surface area contributed by atoms with Crippen LogP contribution in [0.3, 0.4) is 0 Å². The number of ketones is 1. The van der Waals surface area contributed by atoms with E-state index in [4.69, 9.17) is 27.9 Å². The average molecular weight is 446 g/mol. The summed E-state index contributed by atoms with van der Waals surface area (Å²) in [5.41, 5.74) is 2.14. The first kappa shape index (κ1) is 20.9. The summed E-state index contributed by atoms with van der Waals surface area (Å²) in [5.74, 6) is -1.59. The van der Waals surface area contributed by atoms with Gasteiger partial charge in [0.2, 0.25) is 0 Å². The number of carbonyl (C=O) groups excluding carboxylic acids is 2. The highest BCUT2D eigenvalue weighted by atomic mass is 35.5. The Morgan fingerprint density at radius 2 is 1.87 bits per heavy atom. The van der Waals surface area contributed by atoms with Gasteiger partial charge in [0.25, 0.3) is 11.7 Å². The van der Waals surface area contributed by atoms with Crippen LogP contribution in [0.4, 0.5) is 0 Å². The number of likely N-dealkylation sites (tertiary alicyclic amines) is 1. The Morgan fingerprint density at radius 1 is 1.13 bits per heavy atom. The highest BCUT2D eigenvalue weighted by molar-refractivity contribution is 6.46. The van der Waals surface area contributed by atoms with Gasteiger partial charge in [0, 0.05) is 18.7 Å². The molecule has 2 aromatic carbocycles. The largest absolute Gasteiger partial charge is 0.507 e. The van der Waals surface area contributed by atoms with Gasteiger partial charge in [-0.25, -0.2) is 0 Å². The van der Waals surface area contributed by atoms with Crippen molar-refractivity contribution in [2.75, 3.05) is 13.2 Å². The number of carbonyl (C=O) groups is 2. The van der Waals surface area contributed by atoms with Crippen LogP contribution in [0, 0.1) is 6.92 Å². The van der Waals surface area contributed by atoms with Crippen LogP contribution >= 0.6 is 23.2 Å². The molecule has 2 fully saturated rings. The molecular weight excluding hydrogens is 425 g/mol. The number of Topliss-reactive ketones (excluding diaryl/α,β-unsaturated/α-hetero) is 1. The predicted molar refractivity (Wildman–Crippen MR) is 116 cm³/mol. The van der Waals surface area contributed by atoms with Crippen molar-refractivity contribution in [2.24, 2.45) is 0 Å². The summed E-state index contributed by atoms with van der Waals surface area (Å²) < 4.78 is 5.69. The molecule has 2 aliphatic heterocycles. The molecule has 2 saturated heterocycles. The lowest BCUT2D eigenvalue weighted by molar-refractivity contribution is -0.140. The first-order valence-corrected chi connectivity index (χ1v) is 10.5. The maximum absolute atomic E-state index is 13.0. The molecule has 0 bridgehead atoms. The lowest BCUT2D eigenvalue weighted by Crippen LogP contribution is -2.36. The highest BCUT2D eigenvalue weighted by Gasteiger charge is 2.47. The first-order chi connectivity index (χ1) is 14.4. The van der Waals surface area contributed by atoms with Gasteiger partial charge in [-0.15, -0.1) is 0 Å². The van der Waals surface area contributed by atoms with Crippen molar-refractivity contribution in [3.8, 4) is 0 Å². The molecule has 0 spiro atoms. The molecule has 4 rings (SSSR count). The third-order valence-electron chi connectivity index (χ3n) is 5.55. The number of rotatable bonds is 4. The fourth-order valence-corrected chi connectivity index (χ4v) is 4.28. The zero-order chi connectivity index (χ0) is 21.4. The Balaban J connectivity index is 1.84. The number of aryl methyl sites for hydroxylation is 1. The molecule has 5 nitrogen and oxygen atoms in total. The van der Waals surface area contributed by atoms with Gasteiger partial charge in [0.1, 0.15) is 5.76 Å². The van der Waals surface area contributed by atoms with Gasteiger partial charge < -0.3 is 14.7 Å². The van der Waals surface area contributed by atoms with E-state index in [0.29, 0.717) is 27.8 Å². The van der Waals surface area contributed by atoms with Crippen molar-refractivity contribution >= 4 is 40.7 Å². The molecule has 2 aliphatic rings. The molecule has 1 amide bonds. The van der Waals surface area contributed by atoms with Crippen molar-refractivity contribution in [1.82, 2.24) is 4.90 Å². The van der Waals surface area contributed by atoms with E-state index in [1.807, 2.05) is 19.1 Å². The summed E-state index contributed by atoms with van der Waals surface area (Å²) >= 11 is 12.3. The van der Waals surface area contributed by atoms with Crippen LogP contribution in [0.1, 0.15) is 35.6 Å². The standard InChI is InChI=1S/C23H21Cl2NO4/c1-13-4-6-14(7-5-13)21(27)19-20(15-8-9-17(24)18(25)11-15)26(23(29)22(19)28)12-16-3-2-10-30-16/h4-9,11,16,20,27H,2-3,10,12H2,1H3/b21-19+. The van der Waals surface area contributed by atoms with E-state index in [2.05, 4.69) is 0 Å². The lowest BCUT2D eigenvalue weighted by Gasteiger charge is -2.27. The van der Waals surface area contributed by atoms with Crippen LogP contribution in [0.15, 0.2) is 48.0 Å². The topological polar surface area (TPSA) is 66.8 Å². The number of amides is 1. The Bertz CT molecular complexity index is 1030. The van der Waals surface area contributed by atoms with Crippen LogP contribution in [0.2, 0.25) is 10.0 Å². The summed E-state index contributed by atoms with van der Waals surface area (Å²) in [4.78, 5) is 27.4. The third kappa shape index (κ3) is 3.85. The molecule has 0 saturated carbocycles. The van der Waals surface area contributed by atoms with Crippen molar-refractivity contribution in [2.45, 2.75) is 31.9 Å². The highest BCUT2D eigenvalue weighted by Crippen LogP contribution is 2.41. The minimum atomic E-state index is -0.773. The zero-order valence-corrected chi connectivity index (χ0v) is 17.9. The molecule has 2 unspecified atom stereocenters. The van der Waals surface area contributed by atoms with E-state index >= 15 is 0 Å². The molecule has 2 aromatic rings. The van der Waals surface area contributed by atoms with Crippen LogP contribution < -0.4 is 0 Å². The summed E-state index contributed by atoms with van der Waals surface area (Å²) in [6, 6.07) is 11.3. The fraction of sp³-hybridized carbons (Fsp3) is 0.304. The SMILES string of the molecule is Cc1ccc(/C(O)=C2\C(=O)C(=O)N(CC3CCCO3)C2c2ccc(Cl)c(Cl)c2)cc1.